The normalized spacial score (nSPS) is 14.9. The van der Waals surface area contributed by atoms with E-state index in [0.717, 1.165) is 6.07 Å². The molecule has 0 saturated carbocycles. The third-order valence-electron chi connectivity index (χ3n) is 5.40. The van der Waals surface area contributed by atoms with E-state index < -0.39 is 23.2 Å². The van der Waals surface area contributed by atoms with E-state index in [1.165, 1.54) is 28.4 Å². The minimum Gasteiger partial charge on any atom is -0.490 e. The molecular formula is C25H19FN2O5S. The second-order valence-electron chi connectivity index (χ2n) is 7.45. The number of hydrogen-bond donors (Lipinski definition) is 0. The third kappa shape index (κ3) is 3.54. The van der Waals surface area contributed by atoms with Crippen LogP contribution in [0.25, 0.3) is 11.0 Å². The summed E-state index contributed by atoms with van der Waals surface area (Å²) < 4.78 is 31.2. The standard InChI is InChI=1S/C25H19FN2O5S/c1-3-10-32-18-7-5-14(12-19(18)31-4-2)21-20-22(29)16-13-15(26)6-8-17(16)33-23(20)24(30)28(21)25-27-9-11-34-25/h3,5-9,11-13,21H,1,4,10H2,2H3. The zero-order chi connectivity index (χ0) is 23.8. The van der Waals surface area contributed by atoms with Crippen molar-refractivity contribution in [2.75, 3.05) is 18.1 Å². The van der Waals surface area contributed by atoms with Crippen molar-refractivity contribution >= 4 is 33.3 Å². The van der Waals surface area contributed by atoms with Gasteiger partial charge in [0.05, 0.1) is 23.6 Å². The molecule has 2 aromatic heterocycles. The molecule has 5 rings (SSSR count). The second kappa shape index (κ2) is 8.75. The topological polar surface area (TPSA) is 81.9 Å². The highest BCUT2D eigenvalue weighted by molar-refractivity contribution is 7.13. The number of amides is 1. The van der Waals surface area contributed by atoms with Crippen LogP contribution in [0.1, 0.15) is 34.6 Å². The van der Waals surface area contributed by atoms with E-state index in [2.05, 4.69) is 11.6 Å². The number of carbonyl (C=O) groups excluding carboxylic acids is 1. The van der Waals surface area contributed by atoms with Gasteiger partial charge in [-0.1, -0.05) is 18.7 Å². The SMILES string of the molecule is C=CCOc1ccc(C2c3c(oc4ccc(F)cc4c3=O)C(=O)N2c2nccs2)cc1OCC. The van der Waals surface area contributed by atoms with Gasteiger partial charge in [-0.2, -0.15) is 0 Å². The van der Waals surface area contributed by atoms with Crippen LogP contribution in [0, 0.1) is 5.82 Å². The van der Waals surface area contributed by atoms with Crippen molar-refractivity contribution in [3.63, 3.8) is 0 Å². The zero-order valence-electron chi connectivity index (χ0n) is 18.1. The molecule has 0 fully saturated rings. The smallest absolute Gasteiger partial charge is 0.297 e. The summed E-state index contributed by atoms with van der Waals surface area (Å²) in [6.07, 6.45) is 3.20. The van der Waals surface area contributed by atoms with Crippen LogP contribution in [-0.2, 0) is 0 Å². The predicted octanol–water partition coefficient (Wildman–Crippen LogP) is 5.10. The van der Waals surface area contributed by atoms with Gasteiger partial charge in [0.1, 0.15) is 18.0 Å². The zero-order valence-corrected chi connectivity index (χ0v) is 18.9. The van der Waals surface area contributed by atoms with Crippen LogP contribution in [0.5, 0.6) is 11.5 Å². The summed E-state index contributed by atoms with van der Waals surface area (Å²) in [4.78, 5) is 32.7. The minimum absolute atomic E-state index is 0.0634. The van der Waals surface area contributed by atoms with Crippen molar-refractivity contribution in [1.29, 1.82) is 0 Å². The molecular weight excluding hydrogens is 459 g/mol. The number of fused-ring (bicyclic) bond motifs is 2. The summed E-state index contributed by atoms with van der Waals surface area (Å²) in [5.41, 5.74) is 0.389. The Morgan fingerprint density at radius 1 is 1.21 bits per heavy atom. The van der Waals surface area contributed by atoms with Gasteiger partial charge in [-0.3, -0.25) is 14.5 Å². The summed E-state index contributed by atoms with van der Waals surface area (Å²) in [5.74, 6) is -0.196. The van der Waals surface area contributed by atoms with E-state index in [9.17, 15) is 14.0 Å². The number of anilines is 1. The van der Waals surface area contributed by atoms with Crippen LogP contribution in [-0.4, -0.2) is 24.1 Å². The fraction of sp³-hybridized carbons (Fsp3) is 0.160. The molecule has 1 aliphatic rings. The first-order chi connectivity index (χ1) is 16.5. The Morgan fingerprint density at radius 2 is 2.06 bits per heavy atom. The number of rotatable bonds is 7. The lowest BCUT2D eigenvalue weighted by Gasteiger charge is -2.23. The molecule has 0 radical (unpaired) electrons. The number of carbonyl (C=O) groups is 1. The molecule has 0 spiro atoms. The Balaban J connectivity index is 1.75. The number of aromatic nitrogens is 1. The second-order valence-corrected chi connectivity index (χ2v) is 8.32. The summed E-state index contributed by atoms with van der Waals surface area (Å²) in [6.45, 7) is 6.17. The highest BCUT2D eigenvalue weighted by Gasteiger charge is 2.45. The predicted molar refractivity (Wildman–Crippen MR) is 127 cm³/mol. The molecule has 9 heteroatoms. The number of nitrogens with zero attached hydrogens (tertiary/aromatic N) is 2. The average molecular weight is 479 g/mol. The van der Waals surface area contributed by atoms with Crippen molar-refractivity contribution in [3.05, 3.63) is 93.6 Å². The van der Waals surface area contributed by atoms with Gasteiger partial charge in [0.15, 0.2) is 22.1 Å². The lowest BCUT2D eigenvalue weighted by Crippen LogP contribution is -2.29. The van der Waals surface area contributed by atoms with Gasteiger partial charge in [0, 0.05) is 11.6 Å². The highest BCUT2D eigenvalue weighted by Crippen LogP contribution is 2.43. The van der Waals surface area contributed by atoms with E-state index in [1.54, 1.807) is 35.9 Å². The van der Waals surface area contributed by atoms with E-state index in [-0.39, 0.29) is 28.9 Å². The van der Waals surface area contributed by atoms with Gasteiger partial charge in [-0.05, 0) is 42.8 Å². The molecule has 0 saturated heterocycles. The summed E-state index contributed by atoms with van der Waals surface area (Å²) >= 11 is 1.26. The van der Waals surface area contributed by atoms with Crippen LogP contribution < -0.4 is 19.8 Å². The van der Waals surface area contributed by atoms with Gasteiger partial charge < -0.3 is 13.9 Å². The van der Waals surface area contributed by atoms with Gasteiger partial charge in [-0.15, -0.1) is 11.3 Å². The molecule has 0 aliphatic carbocycles. The molecule has 0 N–H and O–H groups in total. The van der Waals surface area contributed by atoms with Crippen molar-refractivity contribution < 1.29 is 23.1 Å². The molecule has 0 bridgehead atoms. The van der Waals surface area contributed by atoms with Crippen LogP contribution in [0.4, 0.5) is 9.52 Å². The first-order valence-corrected chi connectivity index (χ1v) is 11.4. The Kier molecular flexibility index (Phi) is 5.62. The van der Waals surface area contributed by atoms with Crippen molar-refractivity contribution in [1.82, 2.24) is 4.98 Å². The van der Waals surface area contributed by atoms with Crippen molar-refractivity contribution in [2.45, 2.75) is 13.0 Å². The first-order valence-electron chi connectivity index (χ1n) is 10.5. The van der Waals surface area contributed by atoms with E-state index in [1.807, 2.05) is 6.92 Å². The fourth-order valence-corrected chi connectivity index (χ4v) is 4.69. The van der Waals surface area contributed by atoms with Gasteiger partial charge in [0.25, 0.3) is 5.91 Å². The first kappa shape index (κ1) is 21.8. The maximum atomic E-state index is 13.9. The quantitative estimate of drug-likeness (QED) is 0.344. The van der Waals surface area contributed by atoms with Crippen LogP contribution in [0.2, 0.25) is 0 Å². The monoisotopic (exact) mass is 478 g/mol. The number of thiazole rings is 1. The largest absolute Gasteiger partial charge is 0.490 e. The fourth-order valence-electron chi connectivity index (χ4n) is 4.02. The Hall–Kier alpha value is -3.98. The number of ether oxygens (including phenoxy) is 2. The molecule has 1 atom stereocenters. The lowest BCUT2D eigenvalue weighted by molar-refractivity contribution is 0.0971. The molecule has 1 amide bonds. The molecule has 1 unspecified atom stereocenters. The van der Waals surface area contributed by atoms with Crippen molar-refractivity contribution in [2.24, 2.45) is 0 Å². The van der Waals surface area contributed by atoms with E-state index in [4.69, 9.17) is 13.9 Å². The molecule has 4 aromatic rings. The summed E-state index contributed by atoms with van der Waals surface area (Å²) in [5, 5.41) is 2.20. The van der Waals surface area contributed by atoms with Crippen LogP contribution >= 0.6 is 11.3 Å². The molecule has 2 aromatic carbocycles. The van der Waals surface area contributed by atoms with Gasteiger partial charge in [-0.25, -0.2) is 9.37 Å². The van der Waals surface area contributed by atoms with Crippen LogP contribution in [0.15, 0.2) is 69.8 Å². The Labute approximate surface area is 197 Å². The molecule has 1 aliphatic heterocycles. The van der Waals surface area contributed by atoms with E-state index >= 15 is 0 Å². The number of hydrogen-bond acceptors (Lipinski definition) is 7. The summed E-state index contributed by atoms with van der Waals surface area (Å²) in [6, 6.07) is 8.00. The van der Waals surface area contributed by atoms with E-state index in [0.29, 0.717) is 28.8 Å². The lowest BCUT2D eigenvalue weighted by atomic mass is 9.98. The Bertz CT molecular complexity index is 1460. The molecule has 3 heterocycles. The molecule has 34 heavy (non-hydrogen) atoms. The third-order valence-corrected chi connectivity index (χ3v) is 6.17. The molecule has 172 valence electrons. The van der Waals surface area contributed by atoms with Crippen LogP contribution in [0.3, 0.4) is 0 Å². The van der Waals surface area contributed by atoms with Gasteiger partial charge in [0.2, 0.25) is 5.76 Å². The number of halogens is 1. The average Bonchev–Trinajstić information content (AvgIpc) is 3.46. The maximum Gasteiger partial charge on any atom is 0.297 e. The highest BCUT2D eigenvalue weighted by atomic mass is 32.1. The minimum atomic E-state index is -0.842. The Morgan fingerprint density at radius 3 is 2.79 bits per heavy atom. The summed E-state index contributed by atoms with van der Waals surface area (Å²) in [7, 11) is 0. The number of benzene rings is 2. The van der Waals surface area contributed by atoms with Gasteiger partial charge >= 0.3 is 0 Å². The maximum absolute atomic E-state index is 13.9. The molecule has 7 nitrogen and oxygen atoms in total. The van der Waals surface area contributed by atoms with Crippen molar-refractivity contribution in [3.8, 4) is 11.5 Å².